The molecule has 1 N–H and O–H groups in total. The van der Waals surface area contributed by atoms with Gasteiger partial charge in [0.15, 0.2) is 6.61 Å². The van der Waals surface area contributed by atoms with Crippen molar-refractivity contribution in [1.82, 2.24) is 4.57 Å². The average Bonchev–Trinajstić information content (AvgIpc) is 2.83. The second-order valence-electron chi connectivity index (χ2n) is 5.94. The summed E-state index contributed by atoms with van der Waals surface area (Å²) in [5, 5.41) is 9.65. The molecule has 5 heteroatoms. The third kappa shape index (κ3) is 3.67. The molecule has 0 amide bonds. The highest BCUT2D eigenvalue weighted by Gasteiger charge is 2.18. The maximum atomic E-state index is 12.4. The van der Waals surface area contributed by atoms with Crippen LogP contribution in [0.2, 0.25) is 0 Å². The molecule has 2 aromatic rings. The average molecular weight is 329 g/mol. The van der Waals surface area contributed by atoms with Crippen LogP contribution in [0.25, 0.3) is 0 Å². The normalized spacial score (nSPS) is 10.7. The Kier molecular flexibility index (Phi) is 5.44. The number of aryl methyl sites for hydroxylation is 2. The Morgan fingerprint density at radius 1 is 1.17 bits per heavy atom. The number of hydrogen-bond acceptors (Lipinski definition) is 4. The van der Waals surface area contributed by atoms with Gasteiger partial charge in [-0.2, -0.15) is 0 Å². The molecular weight excluding hydrogens is 306 g/mol. The summed E-state index contributed by atoms with van der Waals surface area (Å²) in [6, 6.07) is 6.37. The molecule has 1 heterocycles. The SMILES string of the molecule is CCCn1c(C)cc(C(=O)COC(=O)c2ccc(C)c(O)c2)c1C. The number of carbonyl (C=O) groups is 2. The first-order chi connectivity index (χ1) is 11.3. The molecule has 1 aromatic carbocycles. The first-order valence-electron chi connectivity index (χ1n) is 8.01. The zero-order chi connectivity index (χ0) is 17.9. The van der Waals surface area contributed by atoms with E-state index in [1.807, 2.05) is 19.9 Å². The van der Waals surface area contributed by atoms with Crippen LogP contribution >= 0.6 is 0 Å². The van der Waals surface area contributed by atoms with Gasteiger partial charge in [-0.05, 0) is 51.0 Å². The fraction of sp³-hybridized carbons (Fsp3) is 0.368. The van der Waals surface area contributed by atoms with E-state index in [1.54, 1.807) is 19.1 Å². The molecule has 0 fully saturated rings. The minimum absolute atomic E-state index is 0.0267. The van der Waals surface area contributed by atoms with Crippen LogP contribution in [-0.4, -0.2) is 28.0 Å². The zero-order valence-electron chi connectivity index (χ0n) is 14.5. The van der Waals surface area contributed by atoms with E-state index < -0.39 is 5.97 Å². The summed E-state index contributed by atoms with van der Waals surface area (Å²) in [6.45, 7) is 8.21. The van der Waals surface area contributed by atoms with Gasteiger partial charge in [0.05, 0.1) is 5.56 Å². The van der Waals surface area contributed by atoms with Gasteiger partial charge in [0, 0.05) is 23.5 Å². The van der Waals surface area contributed by atoms with Crippen molar-refractivity contribution in [3.05, 3.63) is 52.3 Å². The van der Waals surface area contributed by atoms with Crippen molar-refractivity contribution in [2.45, 2.75) is 40.7 Å². The minimum Gasteiger partial charge on any atom is -0.508 e. The van der Waals surface area contributed by atoms with Gasteiger partial charge in [-0.3, -0.25) is 4.79 Å². The summed E-state index contributed by atoms with van der Waals surface area (Å²) in [5.74, 6) is -0.824. The van der Waals surface area contributed by atoms with E-state index in [9.17, 15) is 14.7 Å². The number of aromatic nitrogens is 1. The zero-order valence-corrected chi connectivity index (χ0v) is 14.5. The Labute approximate surface area is 141 Å². The molecule has 0 saturated carbocycles. The van der Waals surface area contributed by atoms with Crippen molar-refractivity contribution in [2.24, 2.45) is 0 Å². The number of aromatic hydroxyl groups is 1. The highest BCUT2D eigenvalue weighted by molar-refractivity contribution is 6.00. The third-order valence-electron chi connectivity index (χ3n) is 4.10. The molecule has 5 nitrogen and oxygen atoms in total. The topological polar surface area (TPSA) is 68.5 Å². The first-order valence-corrected chi connectivity index (χ1v) is 8.01. The number of carbonyl (C=O) groups excluding carboxylic acids is 2. The van der Waals surface area contributed by atoms with E-state index in [-0.39, 0.29) is 23.7 Å². The van der Waals surface area contributed by atoms with Crippen molar-refractivity contribution in [2.75, 3.05) is 6.61 Å². The van der Waals surface area contributed by atoms with Gasteiger partial charge in [-0.25, -0.2) is 4.79 Å². The Hall–Kier alpha value is -2.56. The molecule has 0 aliphatic rings. The predicted octanol–water partition coefficient (Wildman–Crippen LogP) is 3.57. The maximum Gasteiger partial charge on any atom is 0.338 e. The fourth-order valence-corrected chi connectivity index (χ4v) is 2.68. The number of ketones is 1. The van der Waals surface area contributed by atoms with E-state index in [4.69, 9.17) is 4.74 Å². The van der Waals surface area contributed by atoms with E-state index in [2.05, 4.69) is 11.5 Å². The lowest BCUT2D eigenvalue weighted by atomic mass is 10.1. The van der Waals surface area contributed by atoms with E-state index in [0.717, 1.165) is 24.4 Å². The van der Waals surface area contributed by atoms with Crippen molar-refractivity contribution in [1.29, 1.82) is 0 Å². The van der Waals surface area contributed by atoms with Gasteiger partial charge in [0.25, 0.3) is 0 Å². The second-order valence-corrected chi connectivity index (χ2v) is 5.94. The summed E-state index contributed by atoms with van der Waals surface area (Å²) in [7, 11) is 0. The number of esters is 1. The molecule has 1 aromatic heterocycles. The van der Waals surface area contributed by atoms with Gasteiger partial charge in [-0.15, -0.1) is 0 Å². The molecular formula is C19H23NO4. The smallest absolute Gasteiger partial charge is 0.338 e. The van der Waals surface area contributed by atoms with E-state index >= 15 is 0 Å². The van der Waals surface area contributed by atoms with Crippen LogP contribution in [0.15, 0.2) is 24.3 Å². The number of nitrogens with zero attached hydrogens (tertiary/aromatic N) is 1. The van der Waals surface area contributed by atoms with Crippen LogP contribution in [0.1, 0.15) is 51.0 Å². The van der Waals surface area contributed by atoms with Crippen molar-refractivity contribution < 1.29 is 19.4 Å². The number of hydrogen-bond donors (Lipinski definition) is 1. The Balaban J connectivity index is 2.06. The first kappa shape index (κ1) is 17.8. The maximum absolute atomic E-state index is 12.4. The molecule has 24 heavy (non-hydrogen) atoms. The fourth-order valence-electron chi connectivity index (χ4n) is 2.68. The lowest BCUT2D eigenvalue weighted by Gasteiger charge is -2.08. The highest BCUT2D eigenvalue weighted by Crippen LogP contribution is 2.19. The summed E-state index contributed by atoms with van der Waals surface area (Å²) in [6.07, 6.45) is 0.982. The highest BCUT2D eigenvalue weighted by atomic mass is 16.5. The van der Waals surface area contributed by atoms with E-state index in [1.165, 1.54) is 6.07 Å². The number of benzene rings is 1. The monoisotopic (exact) mass is 329 g/mol. The quantitative estimate of drug-likeness (QED) is 0.650. The van der Waals surface area contributed by atoms with Crippen molar-refractivity contribution >= 4 is 11.8 Å². The molecule has 0 atom stereocenters. The molecule has 0 bridgehead atoms. The van der Waals surface area contributed by atoms with Crippen LogP contribution in [-0.2, 0) is 11.3 Å². The standard InChI is InChI=1S/C19H23NO4/c1-5-8-20-13(3)9-16(14(20)4)18(22)11-24-19(23)15-7-6-12(2)17(21)10-15/h6-7,9-10,21H,5,8,11H2,1-4H3. The lowest BCUT2D eigenvalue weighted by Crippen LogP contribution is -2.15. The molecule has 0 spiro atoms. The number of rotatable bonds is 6. The Morgan fingerprint density at radius 2 is 1.88 bits per heavy atom. The Bertz CT molecular complexity index is 774. The number of ether oxygens (including phenoxy) is 1. The summed E-state index contributed by atoms with van der Waals surface area (Å²) >= 11 is 0. The van der Waals surface area contributed by atoms with Crippen LogP contribution in [0, 0.1) is 20.8 Å². The van der Waals surface area contributed by atoms with Gasteiger partial charge in [-0.1, -0.05) is 13.0 Å². The number of phenolic OH excluding ortho intramolecular Hbond substituents is 1. The van der Waals surface area contributed by atoms with Crippen LogP contribution in [0.4, 0.5) is 0 Å². The molecule has 0 radical (unpaired) electrons. The molecule has 0 aliphatic heterocycles. The largest absolute Gasteiger partial charge is 0.508 e. The summed E-state index contributed by atoms with van der Waals surface area (Å²) < 4.78 is 7.18. The Morgan fingerprint density at radius 3 is 2.50 bits per heavy atom. The van der Waals surface area contributed by atoms with Crippen LogP contribution < -0.4 is 0 Å². The second kappa shape index (κ2) is 7.34. The van der Waals surface area contributed by atoms with Gasteiger partial charge < -0.3 is 14.4 Å². The lowest BCUT2D eigenvalue weighted by molar-refractivity contribution is 0.0474. The van der Waals surface area contributed by atoms with Gasteiger partial charge in [0.2, 0.25) is 5.78 Å². The van der Waals surface area contributed by atoms with Crippen LogP contribution in [0.5, 0.6) is 5.75 Å². The van der Waals surface area contributed by atoms with Crippen molar-refractivity contribution in [3.63, 3.8) is 0 Å². The molecule has 128 valence electrons. The molecule has 0 aliphatic carbocycles. The summed E-state index contributed by atoms with van der Waals surface area (Å²) in [4.78, 5) is 24.4. The predicted molar refractivity (Wildman–Crippen MR) is 91.7 cm³/mol. The molecule has 0 unspecified atom stereocenters. The van der Waals surface area contributed by atoms with Gasteiger partial charge >= 0.3 is 5.97 Å². The van der Waals surface area contributed by atoms with Crippen molar-refractivity contribution in [3.8, 4) is 5.75 Å². The number of phenols is 1. The molecule has 2 rings (SSSR count). The van der Waals surface area contributed by atoms with Gasteiger partial charge in [0.1, 0.15) is 5.75 Å². The third-order valence-corrected chi connectivity index (χ3v) is 4.10. The number of Topliss-reactive ketones (excluding diaryl/α,β-unsaturated/α-hetero) is 1. The van der Waals surface area contributed by atoms with E-state index in [0.29, 0.717) is 11.1 Å². The van der Waals surface area contributed by atoms with Crippen LogP contribution in [0.3, 0.4) is 0 Å². The minimum atomic E-state index is -0.624. The summed E-state index contributed by atoms with van der Waals surface area (Å²) in [5.41, 5.74) is 3.39. The molecule has 0 saturated heterocycles.